The van der Waals surface area contributed by atoms with Crippen molar-refractivity contribution in [2.24, 2.45) is 17.2 Å². The molecule has 0 unspecified atom stereocenters. The molecule has 182 valence electrons. The van der Waals surface area contributed by atoms with Gasteiger partial charge in [-0.25, -0.2) is 0 Å². The third-order valence-electron chi connectivity index (χ3n) is 3.54. The third kappa shape index (κ3) is 39.1. The van der Waals surface area contributed by atoms with Gasteiger partial charge in [0.15, 0.2) is 0 Å². The van der Waals surface area contributed by atoms with Crippen molar-refractivity contribution >= 4 is 35.1 Å². The summed E-state index contributed by atoms with van der Waals surface area (Å²) in [5.41, 5.74) is 14.4. The van der Waals surface area contributed by atoms with E-state index in [-0.39, 0.29) is 53.7 Å². The number of ketones is 3. The van der Waals surface area contributed by atoms with Crippen LogP contribution >= 0.6 is 0 Å². The fraction of sp³-hybridized carbons (Fsp3) is 0.714. The standard InChI is InChI=1S/3C7H13NO2.Fe/c3*1-2-3-4-6(9)5-7(8)10;/h3*2-5H2,1H3,(H2,8,10);. The van der Waals surface area contributed by atoms with Crippen LogP contribution < -0.4 is 17.2 Å². The Morgan fingerprint density at radius 3 is 0.806 bits per heavy atom. The minimum atomic E-state index is -0.527. The molecule has 3 amide bonds. The molecule has 31 heavy (non-hydrogen) atoms. The van der Waals surface area contributed by atoms with Gasteiger partial charge in [0, 0.05) is 36.3 Å². The number of primary amides is 3. The maximum Gasteiger partial charge on any atom is 0.224 e. The second-order valence-corrected chi connectivity index (χ2v) is 6.86. The average Bonchev–Trinajstić information content (AvgIpc) is 2.62. The van der Waals surface area contributed by atoms with Crippen LogP contribution in [0.1, 0.15) is 97.8 Å². The Balaban J connectivity index is -0.000000174. The SMILES string of the molecule is CCCCC(=O)CC(N)=O.CCCCC(=O)CC(N)=O.CCCCC(=O)CC(N)=O.[Fe]. The van der Waals surface area contributed by atoms with E-state index >= 15 is 0 Å². The maximum atomic E-state index is 10.7. The van der Waals surface area contributed by atoms with Crippen LogP contribution in [0.15, 0.2) is 0 Å². The monoisotopic (exact) mass is 485 g/mol. The van der Waals surface area contributed by atoms with Gasteiger partial charge < -0.3 is 17.2 Å². The largest absolute Gasteiger partial charge is 0.369 e. The second kappa shape index (κ2) is 26.0. The van der Waals surface area contributed by atoms with E-state index in [4.69, 9.17) is 17.2 Å². The van der Waals surface area contributed by atoms with E-state index in [0.29, 0.717) is 19.3 Å². The normalized spacial score (nSPS) is 9.00. The molecule has 10 heteroatoms. The summed E-state index contributed by atoms with van der Waals surface area (Å²) in [4.78, 5) is 62.7. The number of nitrogens with two attached hydrogens (primary N) is 3. The molecule has 0 rings (SSSR count). The molecule has 0 saturated heterocycles. The number of amides is 3. The predicted octanol–water partition coefficient (Wildman–Crippen LogP) is 1.86. The molecule has 0 aromatic heterocycles. The van der Waals surface area contributed by atoms with Crippen LogP contribution in [0.3, 0.4) is 0 Å². The zero-order valence-electron chi connectivity index (χ0n) is 19.0. The smallest absolute Gasteiger partial charge is 0.224 e. The summed E-state index contributed by atoms with van der Waals surface area (Å²) in [6, 6.07) is 0. The molecule has 0 aromatic carbocycles. The summed E-state index contributed by atoms with van der Waals surface area (Å²) < 4.78 is 0. The minimum Gasteiger partial charge on any atom is -0.369 e. The van der Waals surface area contributed by atoms with Crippen molar-refractivity contribution in [1.29, 1.82) is 0 Å². The van der Waals surface area contributed by atoms with E-state index in [1.54, 1.807) is 0 Å². The summed E-state index contributed by atoms with van der Waals surface area (Å²) in [6.07, 6.45) is 6.65. The molecule has 0 aliphatic carbocycles. The molecule has 0 aliphatic rings. The second-order valence-electron chi connectivity index (χ2n) is 6.86. The zero-order chi connectivity index (χ0) is 23.9. The van der Waals surface area contributed by atoms with Gasteiger partial charge in [0.2, 0.25) is 17.7 Å². The topological polar surface area (TPSA) is 180 Å². The summed E-state index contributed by atoms with van der Waals surface area (Å²) in [5.74, 6) is -1.72. The number of carbonyl (C=O) groups excluding carboxylic acids is 6. The van der Waals surface area contributed by atoms with Crippen molar-refractivity contribution in [2.45, 2.75) is 97.8 Å². The van der Waals surface area contributed by atoms with Gasteiger partial charge in [-0.3, -0.25) is 28.8 Å². The molecule has 6 N–H and O–H groups in total. The Kier molecular flexibility index (Phi) is 30.4. The molecule has 0 aromatic rings. The number of rotatable bonds is 15. The maximum absolute atomic E-state index is 10.7. The summed E-state index contributed by atoms with van der Waals surface area (Å²) in [7, 11) is 0. The Bertz CT molecular complexity index is 477. The third-order valence-corrected chi connectivity index (χ3v) is 3.54. The van der Waals surface area contributed by atoms with Gasteiger partial charge in [-0.15, -0.1) is 0 Å². The van der Waals surface area contributed by atoms with Crippen molar-refractivity contribution in [2.75, 3.05) is 0 Å². The van der Waals surface area contributed by atoms with Crippen molar-refractivity contribution in [1.82, 2.24) is 0 Å². The van der Waals surface area contributed by atoms with Crippen molar-refractivity contribution < 1.29 is 45.8 Å². The first-order valence-corrected chi connectivity index (χ1v) is 10.4. The quantitative estimate of drug-likeness (QED) is 0.235. The van der Waals surface area contributed by atoms with E-state index in [0.717, 1.165) is 38.5 Å². The van der Waals surface area contributed by atoms with Gasteiger partial charge >= 0.3 is 0 Å². The van der Waals surface area contributed by atoms with E-state index in [9.17, 15) is 28.8 Å². The Hall–Kier alpha value is -2.06. The fourth-order valence-electron chi connectivity index (χ4n) is 1.97. The summed E-state index contributed by atoms with van der Waals surface area (Å²) >= 11 is 0. The van der Waals surface area contributed by atoms with Gasteiger partial charge in [0.1, 0.15) is 17.3 Å². The number of hydrogen-bond donors (Lipinski definition) is 3. The average molecular weight is 485 g/mol. The zero-order valence-corrected chi connectivity index (χ0v) is 20.1. The molecule has 9 nitrogen and oxygen atoms in total. The summed E-state index contributed by atoms with van der Waals surface area (Å²) in [5, 5.41) is 0. The fourth-order valence-corrected chi connectivity index (χ4v) is 1.97. The van der Waals surface area contributed by atoms with Crippen LogP contribution in [-0.2, 0) is 45.8 Å². The van der Waals surface area contributed by atoms with Crippen LogP contribution in [0.5, 0.6) is 0 Å². The number of carbonyl (C=O) groups is 6. The molecule has 0 atom stereocenters. The number of Topliss-reactive ketones (excluding diaryl/α,β-unsaturated/α-hetero) is 3. The minimum absolute atomic E-state index is 0. The van der Waals surface area contributed by atoms with E-state index < -0.39 is 17.7 Å². The molecule has 0 aliphatic heterocycles. The molecule has 0 fully saturated rings. The first kappa shape index (κ1) is 36.3. The molecule has 0 bridgehead atoms. The first-order chi connectivity index (χ1) is 14.0. The van der Waals surface area contributed by atoms with Crippen LogP contribution in [0.2, 0.25) is 0 Å². The molecule has 0 saturated carbocycles. The molecule has 0 spiro atoms. The summed E-state index contributed by atoms with van der Waals surface area (Å²) in [6.45, 7) is 5.99. The van der Waals surface area contributed by atoms with Gasteiger partial charge in [-0.05, 0) is 19.3 Å². The van der Waals surface area contributed by atoms with E-state index in [2.05, 4.69) is 0 Å². The van der Waals surface area contributed by atoms with E-state index in [1.165, 1.54) is 0 Å². The number of unbranched alkanes of at least 4 members (excludes halogenated alkanes) is 3. The van der Waals surface area contributed by atoms with E-state index in [1.807, 2.05) is 20.8 Å². The Labute approximate surface area is 196 Å². The van der Waals surface area contributed by atoms with Crippen LogP contribution in [0.4, 0.5) is 0 Å². The van der Waals surface area contributed by atoms with Crippen molar-refractivity contribution in [3.05, 3.63) is 0 Å². The van der Waals surface area contributed by atoms with Crippen molar-refractivity contribution in [3.8, 4) is 0 Å². The van der Waals surface area contributed by atoms with Crippen molar-refractivity contribution in [3.63, 3.8) is 0 Å². The van der Waals surface area contributed by atoms with Crippen LogP contribution in [-0.4, -0.2) is 35.1 Å². The van der Waals surface area contributed by atoms with Gasteiger partial charge in [0.05, 0.1) is 19.3 Å². The predicted molar refractivity (Wildman–Crippen MR) is 115 cm³/mol. The molecule has 0 radical (unpaired) electrons. The Morgan fingerprint density at radius 2 is 0.677 bits per heavy atom. The molecular formula is C21H39FeN3O6. The van der Waals surface area contributed by atoms with Gasteiger partial charge in [-0.2, -0.15) is 0 Å². The number of hydrogen-bond acceptors (Lipinski definition) is 6. The first-order valence-electron chi connectivity index (χ1n) is 10.4. The van der Waals surface area contributed by atoms with Crippen LogP contribution in [0, 0.1) is 0 Å². The molecular weight excluding hydrogens is 446 g/mol. The van der Waals surface area contributed by atoms with Gasteiger partial charge in [0.25, 0.3) is 0 Å². The molecule has 0 heterocycles. The Morgan fingerprint density at radius 1 is 0.484 bits per heavy atom. The van der Waals surface area contributed by atoms with Gasteiger partial charge in [-0.1, -0.05) is 40.0 Å². The van der Waals surface area contributed by atoms with Crippen LogP contribution in [0.25, 0.3) is 0 Å².